The first kappa shape index (κ1) is 17.3. The summed E-state index contributed by atoms with van der Waals surface area (Å²) in [4.78, 5) is 11.9. The first-order chi connectivity index (χ1) is 9.10. The second kappa shape index (κ2) is 6.35. The van der Waals surface area contributed by atoms with Gasteiger partial charge in [-0.1, -0.05) is 58.6 Å². The molecule has 8 heteroatoms. The fourth-order valence-corrected chi connectivity index (χ4v) is 3.23. The first-order valence-electron chi connectivity index (χ1n) is 5.42. The van der Waals surface area contributed by atoms with Crippen LogP contribution in [0.15, 0.2) is 41.8 Å². The minimum absolute atomic E-state index is 0.0625. The van der Waals surface area contributed by atoms with Gasteiger partial charge < -0.3 is 0 Å². The number of benzene rings is 1. The zero-order valence-corrected chi connectivity index (χ0v) is 13.6. The van der Waals surface area contributed by atoms with Crippen molar-refractivity contribution in [1.29, 1.82) is 0 Å². The van der Waals surface area contributed by atoms with Gasteiger partial charge in [0.1, 0.15) is 0 Å². The van der Waals surface area contributed by atoms with E-state index in [9.17, 15) is 13.2 Å². The van der Waals surface area contributed by atoms with Gasteiger partial charge in [-0.05, 0) is 19.1 Å². The van der Waals surface area contributed by atoms with Crippen molar-refractivity contribution in [2.75, 3.05) is 6.54 Å². The van der Waals surface area contributed by atoms with Crippen molar-refractivity contribution in [3.05, 3.63) is 42.5 Å². The third kappa shape index (κ3) is 3.88. The number of halogens is 3. The number of alkyl halides is 3. The normalized spacial score (nSPS) is 12.0. The molecule has 1 rings (SSSR count). The maximum atomic E-state index is 12.4. The predicted octanol–water partition coefficient (Wildman–Crippen LogP) is 3.07. The van der Waals surface area contributed by atoms with Crippen LogP contribution in [-0.4, -0.2) is 29.0 Å². The summed E-state index contributed by atoms with van der Waals surface area (Å²) in [5.41, 5.74) is 0.881. The molecule has 0 heterocycles. The molecule has 0 aliphatic heterocycles. The van der Waals surface area contributed by atoms with Crippen LogP contribution in [0.5, 0.6) is 0 Å². The van der Waals surface area contributed by atoms with Crippen LogP contribution in [0, 0.1) is 6.92 Å². The van der Waals surface area contributed by atoms with Crippen LogP contribution in [0.1, 0.15) is 5.56 Å². The van der Waals surface area contributed by atoms with E-state index in [4.69, 9.17) is 34.8 Å². The van der Waals surface area contributed by atoms with Gasteiger partial charge in [-0.3, -0.25) is 4.79 Å². The van der Waals surface area contributed by atoms with E-state index in [2.05, 4.69) is 6.58 Å². The van der Waals surface area contributed by atoms with Gasteiger partial charge in [0.15, 0.2) is 0 Å². The minimum atomic E-state index is -4.10. The van der Waals surface area contributed by atoms with Crippen molar-refractivity contribution >= 4 is 50.7 Å². The molecule has 0 fully saturated rings. The highest BCUT2D eigenvalue weighted by atomic mass is 35.6. The van der Waals surface area contributed by atoms with Gasteiger partial charge in [0.25, 0.3) is 19.7 Å². The lowest BCUT2D eigenvalue weighted by molar-refractivity contribution is -0.125. The molecular weight excluding hydrogens is 345 g/mol. The number of aryl methyl sites for hydroxylation is 1. The number of hydrogen-bond donors (Lipinski definition) is 0. The van der Waals surface area contributed by atoms with E-state index in [0.29, 0.717) is 4.31 Å². The zero-order chi connectivity index (χ0) is 15.6. The van der Waals surface area contributed by atoms with Crippen molar-refractivity contribution in [3.8, 4) is 0 Å². The number of carbonyl (C=O) groups excluding carboxylic acids is 1. The van der Waals surface area contributed by atoms with E-state index in [0.717, 1.165) is 5.56 Å². The van der Waals surface area contributed by atoms with Crippen molar-refractivity contribution in [2.45, 2.75) is 15.6 Å². The second-order valence-electron chi connectivity index (χ2n) is 3.94. The molecule has 1 amide bonds. The zero-order valence-electron chi connectivity index (χ0n) is 10.5. The standard InChI is InChI=1S/C12H12Cl3NO3S/c1-3-8-16(11(17)12(13,14)15)20(18,19)10-6-4-9(2)5-7-10/h3-7H,1,8H2,2H3. The van der Waals surface area contributed by atoms with E-state index < -0.39 is 19.7 Å². The van der Waals surface area contributed by atoms with Crippen LogP contribution in [0.2, 0.25) is 0 Å². The molecule has 1 aromatic carbocycles. The molecule has 0 atom stereocenters. The Labute approximate surface area is 133 Å². The summed E-state index contributed by atoms with van der Waals surface area (Å²) in [5, 5.41) is 0. The smallest absolute Gasteiger partial charge is 0.269 e. The predicted molar refractivity (Wildman–Crippen MR) is 80.6 cm³/mol. The highest BCUT2D eigenvalue weighted by Crippen LogP contribution is 2.31. The summed E-state index contributed by atoms with van der Waals surface area (Å²) in [6.45, 7) is 4.92. The summed E-state index contributed by atoms with van der Waals surface area (Å²) in [6.07, 6.45) is 1.24. The van der Waals surface area contributed by atoms with Crippen LogP contribution in [-0.2, 0) is 14.8 Å². The molecule has 110 valence electrons. The molecule has 0 saturated carbocycles. The molecular formula is C12H12Cl3NO3S. The molecule has 0 N–H and O–H groups in total. The number of rotatable bonds is 4. The van der Waals surface area contributed by atoms with E-state index in [1.54, 1.807) is 12.1 Å². The van der Waals surface area contributed by atoms with Gasteiger partial charge in [0, 0.05) is 0 Å². The van der Waals surface area contributed by atoms with Crippen molar-refractivity contribution in [2.24, 2.45) is 0 Å². The van der Waals surface area contributed by atoms with Crippen LogP contribution in [0.4, 0.5) is 0 Å². The van der Waals surface area contributed by atoms with Gasteiger partial charge in [0.05, 0.1) is 11.4 Å². The van der Waals surface area contributed by atoms with Crippen LogP contribution >= 0.6 is 34.8 Å². The number of carbonyl (C=O) groups is 1. The maximum Gasteiger partial charge on any atom is 0.288 e. The Morgan fingerprint density at radius 2 is 1.80 bits per heavy atom. The first-order valence-corrected chi connectivity index (χ1v) is 7.99. The minimum Gasteiger partial charge on any atom is -0.269 e. The maximum absolute atomic E-state index is 12.4. The molecule has 0 saturated heterocycles. The Bertz CT molecular complexity index is 606. The molecule has 0 aliphatic carbocycles. The van der Waals surface area contributed by atoms with Gasteiger partial charge in [-0.2, -0.15) is 0 Å². The molecule has 0 bridgehead atoms. The lowest BCUT2D eigenvalue weighted by Crippen LogP contribution is -2.43. The van der Waals surface area contributed by atoms with Gasteiger partial charge in [0.2, 0.25) is 0 Å². The second-order valence-corrected chi connectivity index (χ2v) is 8.08. The average Bonchev–Trinajstić information content (AvgIpc) is 2.34. The molecule has 20 heavy (non-hydrogen) atoms. The van der Waals surface area contributed by atoms with Gasteiger partial charge in [-0.15, -0.1) is 6.58 Å². The number of sulfonamides is 1. The van der Waals surface area contributed by atoms with Gasteiger partial charge in [-0.25, -0.2) is 12.7 Å². The fourth-order valence-electron chi connectivity index (χ4n) is 1.39. The molecule has 0 aliphatic rings. The molecule has 0 unspecified atom stereocenters. The van der Waals surface area contributed by atoms with E-state index in [-0.39, 0.29) is 11.4 Å². The third-order valence-corrected chi connectivity index (χ3v) is 4.62. The summed E-state index contributed by atoms with van der Waals surface area (Å²) in [5.74, 6) is -1.15. The summed E-state index contributed by atoms with van der Waals surface area (Å²) >= 11 is 16.4. The van der Waals surface area contributed by atoms with E-state index in [1.807, 2.05) is 6.92 Å². The summed E-state index contributed by atoms with van der Waals surface area (Å²) in [7, 11) is -4.10. The lowest BCUT2D eigenvalue weighted by atomic mass is 10.2. The Morgan fingerprint density at radius 1 is 1.30 bits per heavy atom. The SMILES string of the molecule is C=CCN(C(=O)C(Cl)(Cl)Cl)S(=O)(=O)c1ccc(C)cc1. The molecule has 0 radical (unpaired) electrons. The number of amides is 1. The Kier molecular flexibility index (Phi) is 5.49. The van der Waals surface area contributed by atoms with Crippen LogP contribution < -0.4 is 0 Å². The summed E-state index contributed by atoms with van der Waals surface area (Å²) in [6, 6.07) is 5.98. The molecule has 0 spiro atoms. The van der Waals surface area contributed by atoms with Crippen LogP contribution in [0.25, 0.3) is 0 Å². The Morgan fingerprint density at radius 3 is 2.20 bits per heavy atom. The van der Waals surface area contributed by atoms with Crippen molar-refractivity contribution in [3.63, 3.8) is 0 Å². The lowest BCUT2D eigenvalue weighted by Gasteiger charge is -2.24. The quantitative estimate of drug-likeness (QED) is 0.615. The van der Waals surface area contributed by atoms with Crippen molar-refractivity contribution in [1.82, 2.24) is 4.31 Å². The number of hydrogen-bond acceptors (Lipinski definition) is 3. The largest absolute Gasteiger partial charge is 0.288 e. The van der Waals surface area contributed by atoms with Gasteiger partial charge >= 0.3 is 0 Å². The third-order valence-electron chi connectivity index (χ3n) is 2.37. The van der Waals surface area contributed by atoms with Crippen LogP contribution in [0.3, 0.4) is 0 Å². The van der Waals surface area contributed by atoms with E-state index >= 15 is 0 Å². The summed E-state index contributed by atoms with van der Waals surface area (Å²) < 4.78 is 22.9. The van der Waals surface area contributed by atoms with Crippen molar-refractivity contribution < 1.29 is 13.2 Å². The fraction of sp³-hybridized carbons (Fsp3) is 0.250. The molecule has 4 nitrogen and oxygen atoms in total. The monoisotopic (exact) mass is 355 g/mol. The Balaban J connectivity index is 3.29. The Hall–Kier alpha value is -0.750. The highest BCUT2D eigenvalue weighted by molar-refractivity contribution is 7.89. The average molecular weight is 357 g/mol. The topological polar surface area (TPSA) is 54.5 Å². The number of nitrogens with zero attached hydrogens (tertiary/aromatic N) is 1. The highest BCUT2D eigenvalue weighted by Gasteiger charge is 2.40. The molecule has 1 aromatic rings. The molecule has 0 aromatic heterocycles. The van der Waals surface area contributed by atoms with E-state index in [1.165, 1.54) is 18.2 Å².